The lowest BCUT2D eigenvalue weighted by atomic mass is 9.51. The fraction of sp³-hybridized carbons (Fsp3) is 0.700. The molecule has 4 aliphatic rings. The summed E-state index contributed by atoms with van der Waals surface area (Å²) in [6, 6.07) is 0. The Morgan fingerprint density at radius 3 is 2.90 bits per heavy atom. The minimum absolute atomic E-state index is 0.165. The molecule has 4 unspecified atom stereocenters. The van der Waals surface area contributed by atoms with Crippen LogP contribution in [0.2, 0.25) is 0 Å². The second kappa shape index (κ2) is 4.84. The molecule has 0 radical (unpaired) electrons. The molecule has 6 atom stereocenters. The van der Waals surface area contributed by atoms with Crippen molar-refractivity contribution in [3.63, 3.8) is 0 Å². The molecule has 1 nitrogen and oxygen atoms in total. The van der Waals surface area contributed by atoms with E-state index in [9.17, 15) is 5.11 Å². The summed E-state index contributed by atoms with van der Waals surface area (Å²) in [7, 11) is 0. The summed E-state index contributed by atoms with van der Waals surface area (Å²) >= 11 is 0. The molecule has 1 heteroatoms. The van der Waals surface area contributed by atoms with E-state index in [0.717, 1.165) is 30.1 Å². The van der Waals surface area contributed by atoms with Crippen molar-refractivity contribution in [2.75, 3.05) is 0 Å². The first kappa shape index (κ1) is 13.8. The standard InChI is InChI=1S/C20H28O/c1-3-14-5-9-19-18-7-4-13-12-15(21)6-8-16(13)17(18)10-11-20(14,19)2/h3,5,12,15-19,21H,1,4,6-11H2,2H3/t15?,16-,17?,18?,19?,20+/m0/s1. The van der Waals surface area contributed by atoms with Gasteiger partial charge in [-0.25, -0.2) is 0 Å². The smallest absolute Gasteiger partial charge is 0.0723 e. The summed E-state index contributed by atoms with van der Waals surface area (Å²) in [6.07, 6.45) is 15.4. The lowest BCUT2D eigenvalue weighted by Gasteiger charge is -2.53. The SMILES string of the molecule is C=CC1=CCC2C3CCC4=CC(O)CC[C@@H]4C3CC[C@]12C. The number of hydrogen-bond donors (Lipinski definition) is 1. The largest absolute Gasteiger partial charge is 0.389 e. The van der Waals surface area contributed by atoms with Crippen LogP contribution in [0.15, 0.2) is 36.0 Å². The molecule has 0 amide bonds. The molecule has 2 saturated carbocycles. The fourth-order valence-electron chi connectivity index (χ4n) is 6.23. The van der Waals surface area contributed by atoms with Crippen LogP contribution in [0.4, 0.5) is 0 Å². The van der Waals surface area contributed by atoms with Crippen molar-refractivity contribution in [3.05, 3.63) is 36.0 Å². The Hall–Kier alpha value is -0.820. The molecule has 0 bridgehead atoms. The average molecular weight is 284 g/mol. The number of aliphatic hydroxyl groups is 1. The van der Waals surface area contributed by atoms with Crippen LogP contribution in [0.3, 0.4) is 0 Å². The van der Waals surface area contributed by atoms with Gasteiger partial charge >= 0.3 is 0 Å². The molecule has 0 heterocycles. The van der Waals surface area contributed by atoms with Crippen LogP contribution < -0.4 is 0 Å². The van der Waals surface area contributed by atoms with Crippen LogP contribution in [0.25, 0.3) is 0 Å². The van der Waals surface area contributed by atoms with E-state index in [0.29, 0.717) is 5.41 Å². The van der Waals surface area contributed by atoms with Gasteiger partial charge in [0.1, 0.15) is 0 Å². The van der Waals surface area contributed by atoms with Crippen LogP contribution in [0.1, 0.15) is 51.9 Å². The predicted octanol–water partition coefficient (Wildman–Crippen LogP) is 4.64. The molecule has 114 valence electrons. The van der Waals surface area contributed by atoms with Crippen LogP contribution in [0.5, 0.6) is 0 Å². The maximum absolute atomic E-state index is 9.91. The number of hydrogen-bond acceptors (Lipinski definition) is 1. The van der Waals surface area contributed by atoms with Gasteiger partial charge in [0.05, 0.1) is 6.10 Å². The molecule has 0 aromatic heterocycles. The second-order valence-corrected chi connectivity index (χ2v) is 8.02. The van der Waals surface area contributed by atoms with E-state index in [1.807, 2.05) is 0 Å². The van der Waals surface area contributed by atoms with Gasteiger partial charge in [0.2, 0.25) is 0 Å². The fourth-order valence-corrected chi connectivity index (χ4v) is 6.23. The number of rotatable bonds is 1. The van der Waals surface area contributed by atoms with Crippen LogP contribution in [-0.4, -0.2) is 11.2 Å². The minimum Gasteiger partial charge on any atom is -0.389 e. The molecule has 4 rings (SSSR count). The van der Waals surface area contributed by atoms with Gasteiger partial charge in [0.15, 0.2) is 0 Å². The number of aliphatic hydroxyl groups excluding tert-OH is 1. The molecule has 0 saturated heterocycles. The molecule has 0 spiro atoms. The summed E-state index contributed by atoms with van der Waals surface area (Å²) < 4.78 is 0. The topological polar surface area (TPSA) is 20.2 Å². The Bertz CT molecular complexity index is 514. The van der Waals surface area contributed by atoms with Crippen molar-refractivity contribution in [1.29, 1.82) is 0 Å². The summed E-state index contributed by atoms with van der Waals surface area (Å²) in [5.41, 5.74) is 3.51. The third-order valence-electron chi connectivity index (χ3n) is 7.29. The van der Waals surface area contributed by atoms with E-state index in [1.165, 1.54) is 44.1 Å². The highest BCUT2D eigenvalue weighted by molar-refractivity contribution is 5.33. The van der Waals surface area contributed by atoms with Gasteiger partial charge < -0.3 is 5.11 Å². The third kappa shape index (κ3) is 1.93. The third-order valence-corrected chi connectivity index (χ3v) is 7.29. The highest BCUT2D eigenvalue weighted by Gasteiger charge is 2.52. The Kier molecular flexibility index (Phi) is 3.19. The lowest BCUT2D eigenvalue weighted by molar-refractivity contribution is 0.00590. The highest BCUT2D eigenvalue weighted by atomic mass is 16.3. The minimum atomic E-state index is -0.165. The first-order chi connectivity index (χ1) is 10.1. The first-order valence-electron chi connectivity index (χ1n) is 8.85. The second-order valence-electron chi connectivity index (χ2n) is 8.02. The van der Waals surface area contributed by atoms with Crippen LogP contribution in [-0.2, 0) is 0 Å². The molecule has 0 aliphatic heterocycles. The van der Waals surface area contributed by atoms with E-state index >= 15 is 0 Å². The van der Waals surface area contributed by atoms with E-state index in [4.69, 9.17) is 0 Å². The van der Waals surface area contributed by atoms with E-state index < -0.39 is 0 Å². The van der Waals surface area contributed by atoms with Crippen molar-refractivity contribution in [1.82, 2.24) is 0 Å². The molecular weight excluding hydrogens is 256 g/mol. The van der Waals surface area contributed by atoms with Gasteiger partial charge in [0, 0.05) is 0 Å². The van der Waals surface area contributed by atoms with E-state index in [2.05, 4.69) is 31.7 Å². The quantitative estimate of drug-likeness (QED) is 0.695. The monoisotopic (exact) mass is 284 g/mol. The zero-order chi connectivity index (χ0) is 14.6. The van der Waals surface area contributed by atoms with Crippen LogP contribution in [0, 0.1) is 29.1 Å². The molecule has 1 N–H and O–H groups in total. The highest BCUT2D eigenvalue weighted by Crippen LogP contribution is 2.62. The van der Waals surface area contributed by atoms with Gasteiger partial charge in [-0.2, -0.15) is 0 Å². The summed E-state index contributed by atoms with van der Waals surface area (Å²) in [5.74, 6) is 3.41. The normalized spacial score (nSPS) is 48.6. The van der Waals surface area contributed by atoms with Gasteiger partial charge in [0.25, 0.3) is 0 Å². The zero-order valence-corrected chi connectivity index (χ0v) is 13.2. The number of fused-ring (bicyclic) bond motifs is 5. The summed E-state index contributed by atoms with van der Waals surface area (Å²) in [6.45, 7) is 6.54. The van der Waals surface area contributed by atoms with Crippen molar-refractivity contribution >= 4 is 0 Å². The first-order valence-corrected chi connectivity index (χ1v) is 8.85. The van der Waals surface area contributed by atoms with Gasteiger partial charge in [-0.3, -0.25) is 0 Å². The molecule has 2 fully saturated rings. The van der Waals surface area contributed by atoms with Crippen molar-refractivity contribution in [2.45, 2.75) is 58.0 Å². The summed E-state index contributed by atoms with van der Waals surface area (Å²) in [4.78, 5) is 0. The molecular formula is C20H28O. The van der Waals surface area contributed by atoms with Crippen molar-refractivity contribution in [2.24, 2.45) is 29.1 Å². The maximum atomic E-state index is 9.91. The van der Waals surface area contributed by atoms with Crippen LogP contribution >= 0.6 is 0 Å². The van der Waals surface area contributed by atoms with Gasteiger partial charge in [-0.05, 0) is 79.6 Å². The average Bonchev–Trinajstić information content (AvgIpc) is 2.83. The summed E-state index contributed by atoms with van der Waals surface area (Å²) in [5, 5.41) is 9.91. The zero-order valence-electron chi connectivity index (χ0n) is 13.2. The van der Waals surface area contributed by atoms with E-state index in [1.54, 1.807) is 5.57 Å². The van der Waals surface area contributed by atoms with Gasteiger partial charge in [-0.15, -0.1) is 0 Å². The Labute approximate surface area is 128 Å². The lowest BCUT2D eigenvalue weighted by Crippen LogP contribution is -2.45. The molecule has 0 aromatic rings. The maximum Gasteiger partial charge on any atom is 0.0723 e. The van der Waals surface area contributed by atoms with Crippen molar-refractivity contribution < 1.29 is 5.11 Å². The Balaban J connectivity index is 1.62. The Morgan fingerprint density at radius 2 is 2.10 bits per heavy atom. The van der Waals surface area contributed by atoms with Crippen molar-refractivity contribution in [3.8, 4) is 0 Å². The molecule has 4 aliphatic carbocycles. The number of allylic oxidation sites excluding steroid dienone is 4. The van der Waals surface area contributed by atoms with E-state index in [-0.39, 0.29) is 6.10 Å². The predicted molar refractivity (Wildman–Crippen MR) is 86.8 cm³/mol. The Morgan fingerprint density at radius 1 is 1.24 bits per heavy atom. The van der Waals surface area contributed by atoms with Gasteiger partial charge in [-0.1, -0.05) is 37.3 Å². The molecule has 0 aromatic carbocycles. The molecule has 21 heavy (non-hydrogen) atoms.